The lowest BCUT2D eigenvalue weighted by Crippen LogP contribution is -2.41. The van der Waals surface area contributed by atoms with Gasteiger partial charge in [0.25, 0.3) is 10.0 Å². The number of benzene rings is 2. The first-order chi connectivity index (χ1) is 15.3. The predicted molar refractivity (Wildman–Crippen MR) is 120 cm³/mol. The number of anilines is 1. The van der Waals surface area contributed by atoms with E-state index in [1.54, 1.807) is 17.0 Å². The molecule has 0 spiro atoms. The molecular weight excluding hydrogens is 430 g/mol. The molecule has 9 heteroatoms. The number of para-hydroxylation sites is 1. The fraction of sp³-hybridized carbons (Fsp3) is 0.391. The number of rotatable bonds is 4. The van der Waals surface area contributed by atoms with Crippen molar-refractivity contribution in [1.29, 1.82) is 0 Å². The van der Waals surface area contributed by atoms with Crippen LogP contribution in [0, 0.1) is 5.92 Å². The molecule has 0 unspecified atom stereocenters. The molecule has 5 rings (SSSR count). The van der Waals surface area contributed by atoms with E-state index < -0.39 is 15.8 Å². The number of hydrogen-bond acceptors (Lipinski definition) is 5. The van der Waals surface area contributed by atoms with Crippen molar-refractivity contribution in [3.63, 3.8) is 0 Å². The highest BCUT2D eigenvalue weighted by molar-refractivity contribution is 7.92. The summed E-state index contributed by atoms with van der Waals surface area (Å²) in [4.78, 5) is 27.0. The number of nitrogens with zero attached hydrogens (tertiary/aromatic N) is 3. The van der Waals surface area contributed by atoms with Crippen LogP contribution >= 0.6 is 0 Å². The van der Waals surface area contributed by atoms with Crippen LogP contribution in [0.4, 0.5) is 5.69 Å². The van der Waals surface area contributed by atoms with Gasteiger partial charge in [0.1, 0.15) is 6.54 Å². The Kier molecular flexibility index (Phi) is 5.08. The number of oxazole rings is 1. The van der Waals surface area contributed by atoms with Gasteiger partial charge in [0.15, 0.2) is 5.58 Å². The molecule has 1 amide bonds. The number of fused-ring (bicyclic) bond motifs is 2. The van der Waals surface area contributed by atoms with Crippen molar-refractivity contribution in [1.82, 2.24) is 9.47 Å². The van der Waals surface area contributed by atoms with E-state index in [0.29, 0.717) is 43.2 Å². The van der Waals surface area contributed by atoms with Crippen molar-refractivity contribution in [2.75, 3.05) is 23.9 Å². The average Bonchev–Trinajstić information content (AvgIpc) is 3.35. The zero-order chi connectivity index (χ0) is 22.5. The molecule has 2 aliphatic rings. The van der Waals surface area contributed by atoms with E-state index in [2.05, 4.69) is 6.92 Å². The van der Waals surface area contributed by atoms with E-state index in [4.69, 9.17) is 4.42 Å². The van der Waals surface area contributed by atoms with Crippen molar-refractivity contribution >= 4 is 32.7 Å². The molecule has 1 aromatic heterocycles. The Hall–Kier alpha value is -3.07. The van der Waals surface area contributed by atoms with Gasteiger partial charge in [-0.05, 0) is 48.9 Å². The molecule has 8 nitrogen and oxygen atoms in total. The number of carbonyl (C=O) groups excluding carboxylic acids is 1. The Morgan fingerprint density at radius 3 is 2.78 bits per heavy atom. The molecule has 1 saturated heterocycles. The zero-order valence-corrected chi connectivity index (χ0v) is 18.7. The molecule has 32 heavy (non-hydrogen) atoms. The van der Waals surface area contributed by atoms with Crippen LogP contribution in [0.2, 0.25) is 0 Å². The van der Waals surface area contributed by atoms with Crippen molar-refractivity contribution in [2.24, 2.45) is 5.92 Å². The lowest BCUT2D eigenvalue weighted by molar-refractivity contribution is -0.133. The Morgan fingerprint density at radius 1 is 1.16 bits per heavy atom. The third-order valence-electron chi connectivity index (χ3n) is 6.38. The van der Waals surface area contributed by atoms with Crippen molar-refractivity contribution < 1.29 is 17.6 Å². The van der Waals surface area contributed by atoms with Crippen LogP contribution in [0.1, 0.15) is 25.3 Å². The van der Waals surface area contributed by atoms with Crippen molar-refractivity contribution in [3.05, 3.63) is 58.6 Å². The van der Waals surface area contributed by atoms with E-state index in [1.807, 2.05) is 18.2 Å². The van der Waals surface area contributed by atoms with E-state index >= 15 is 0 Å². The van der Waals surface area contributed by atoms with Crippen LogP contribution in [0.15, 0.2) is 56.6 Å². The monoisotopic (exact) mass is 455 g/mol. The topological polar surface area (TPSA) is 92.8 Å². The molecule has 3 aromatic rings. The molecule has 168 valence electrons. The summed E-state index contributed by atoms with van der Waals surface area (Å²) in [6.45, 7) is 3.73. The number of aromatic nitrogens is 1. The molecule has 0 radical (unpaired) electrons. The summed E-state index contributed by atoms with van der Waals surface area (Å²) in [5, 5.41) is 0. The first-order valence-corrected chi connectivity index (χ1v) is 12.3. The Balaban J connectivity index is 1.45. The molecule has 1 fully saturated rings. The number of amides is 1. The van der Waals surface area contributed by atoms with Crippen LogP contribution in [0.3, 0.4) is 0 Å². The number of likely N-dealkylation sites (tertiary alicyclic amines) is 1. The van der Waals surface area contributed by atoms with Gasteiger partial charge in [-0.15, -0.1) is 0 Å². The molecule has 0 aliphatic carbocycles. The second-order valence-electron chi connectivity index (χ2n) is 8.63. The second-order valence-corrected chi connectivity index (χ2v) is 10.5. The van der Waals surface area contributed by atoms with Crippen LogP contribution < -0.4 is 10.1 Å². The minimum atomic E-state index is -3.81. The fourth-order valence-electron chi connectivity index (χ4n) is 4.69. The molecular formula is C23H25N3O5S. The number of carbonyl (C=O) groups is 1. The second kappa shape index (κ2) is 7.81. The summed E-state index contributed by atoms with van der Waals surface area (Å²) in [6, 6.07) is 11.8. The number of sulfonamides is 1. The smallest absolute Gasteiger partial charge is 0.408 e. The molecule has 1 atom stereocenters. The highest BCUT2D eigenvalue weighted by atomic mass is 32.2. The highest BCUT2D eigenvalue weighted by Crippen LogP contribution is 2.33. The van der Waals surface area contributed by atoms with E-state index in [9.17, 15) is 18.0 Å². The van der Waals surface area contributed by atoms with E-state index in [0.717, 1.165) is 18.4 Å². The summed E-state index contributed by atoms with van der Waals surface area (Å²) in [6.07, 6.45) is 2.70. The lowest BCUT2D eigenvalue weighted by Gasteiger charge is -2.30. The third kappa shape index (κ3) is 3.50. The van der Waals surface area contributed by atoms with Gasteiger partial charge < -0.3 is 9.32 Å². The van der Waals surface area contributed by atoms with Crippen molar-refractivity contribution in [3.8, 4) is 0 Å². The van der Waals surface area contributed by atoms with Crippen LogP contribution in [0.25, 0.3) is 11.1 Å². The van der Waals surface area contributed by atoms with Crippen LogP contribution in [0.5, 0.6) is 0 Å². The third-order valence-corrected chi connectivity index (χ3v) is 8.18. The minimum Gasteiger partial charge on any atom is -0.408 e. The maximum Gasteiger partial charge on any atom is 0.420 e. The Bertz CT molecular complexity index is 1360. The highest BCUT2D eigenvalue weighted by Gasteiger charge is 2.31. The Labute approximate surface area is 186 Å². The SMILES string of the molecule is C[C@@H]1CCCN(C(=O)Cn2c(=O)oc3cc(S(=O)(=O)N4CCc5ccccc54)ccc32)C1. The Morgan fingerprint density at radius 2 is 1.97 bits per heavy atom. The maximum absolute atomic E-state index is 13.3. The van der Waals surface area contributed by atoms with Gasteiger partial charge in [0.05, 0.1) is 16.1 Å². The normalized spacial score (nSPS) is 18.8. The maximum atomic E-state index is 13.3. The predicted octanol–water partition coefficient (Wildman–Crippen LogP) is 2.60. The van der Waals surface area contributed by atoms with E-state index in [-0.39, 0.29) is 22.9 Å². The van der Waals surface area contributed by atoms with Gasteiger partial charge in [-0.2, -0.15) is 0 Å². The van der Waals surface area contributed by atoms with Gasteiger partial charge in [0, 0.05) is 25.7 Å². The molecule has 2 aliphatic heterocycles. The fourth-order valence-corrected chi connectivity index (χ4v) is 6.21. The van der Waals surface area contributed by atoms with Gasteiger partial charge in [-0.3, -0.25) is 13.7 Å². The van der Waals surface area contributed by atoms with Gasteiger partial charge in [-0.1, -0.05) is 25.1 Å². The van der Waals surface area contributed by atoms with Gasteiger partial charge in [-0.25, -0.2) is 13.2 Å². The molecule has 0 bridgehead atoms. The summed E-state index contributed by atoms with van der Waals surface area (Å²) >= 11 is 0. The summed E-state index contributed by atoms with van der Waals surface area (Å²) in [7, 11) is -3.81. The summed E-state index contributed by atoms with van der Waals surface area (Å²) < 4.78 is 34.6. The molecule has 2 aromatic carbocycles. The quantitative estimate of drug-likeness (QED) is 0.603. The number of hydrogen-bond donors (Lipinski definition) is 0. The van der Waals surface area contributed by atoms with Gasteiger partial charge in [0.2, 0.25) is 5.91 Å². The first-order valence-electron chi connectivity index (χ1n) is 10.9. The lowest BCUT2D eigenvalue weighted by atomic mass is 10.0. The average molecular weight is 456 g/mol. The molecule has 0 saturated carbocycles. The minimum absolute atomic E-state index is 0.0544. The van der Waals surface area contributed by atoms with E-state index in [1.165, 1.54) is 21.0 Å². The largest absolute Gasteiger partial charge is 0.420 e. The first kappa shape index (κ1) is 20.8. The summed E-state index contributed by atoms with van der Waals surface area (Å²) in [5.74, 6) is -0.361. The van der Waals surface area contributed by atoms with Crippen LogP contribution in [-0.4, -0.2) is 43.4 Å². The molecule has 3 heterocycles. The molecule has 0 N–H and O–H groups in total. The van der Waals surface area contributed by atoms with Gasteiger partial charge >= 0.3 is 5.76 Å². The summed E-state index contributed by atoms with van der Waals surface area (Å²) in [5.41, 5.74) is 2.23. The number of piperidine rings is 1. The van der Waals surface area contributed by atoms with Crippen LogP contribution in [-0.2, 0) is 27.8 Å². The standard InChI is InChI=1S/C23H25N3O5S/c1-16-5-4-11-24(14-16)22(27)15-25-20-9-8-18(13-21(20)31-23(25)28)32(29,30)26-12-10-17-6-2-3-7-19(17)26/h2-3,6-9,13,16H,4-5,10-12,14-15H2,1H3/t16-/m1/s1. The van der Waals surface area contributed by atoms with Crippen molar-refractivity contribution in [2.45, 2.75) is 37.6 Å². The zero-order valence-electron chi connectivity index (χ0n) is 17.9.